The highest BCUT2D eigenvalue weighted by Crippen LogP contribution is 2.32. The lowest BCUT2D eigenvalue weighted by molar-refractivity contribution is -0.127. The molecule has 3 aromatic carbocycles. The maximum absolute atomic E-state index is 13.9. The van der Waals surface area contributed by atoms with Gasteiger partial charge in [-0.2, -0.15) is 0 Å². The zero-order valence-electron chi connectivity index (χ0n) is 25.6. The van der Waals surface area contributed by atoms with E-state index in [4.69, 9.17) is 4.74 Å². The van der Waals surface area contributed by atoms with E-state index in [9.17, 15) is 28.2 Å². The van der Waals surface area contributed by atoms with Gasteiger partial charge in [0.2, 0.25) is 5.91 Å². The first-order valence-electron chi connectivity index (χ1n) is 14.8. The zero-order chi connectivity index (χ0) is 32.1. The smallest absolute Gasteiger partial charge is 0.407 e. The molecule has 3 aromatic rings. The number of sulfone groups is 1. The molecule has 0 fully saturated rings. The maximum Gasteiger partial charge on any atom is 0.407 e. The van der Waals surface area contributed by atoms with Crippen LogP contribution in [0.25, 0.3) is 0 Å². The van der Waals surface area contributed by atoms with E-state index in [1.54, 1.807) is 32.9 Å². The summed E-state index contributed by atoms with van der Waals surface area (Å²) < 4.78 is 29.4. The fourth-order valence-electron chi connectivity index (χ4n) is 5.53. The van der Waals surface area contributed by atoms with Crippen molar-refractivity contribution in [3.63, 3.8) is 0 Å². The lowest BCUT2D eigenvalue weighted by Gasteiger charge is -2.29. The van der Waals surface area contributed by atoms with Gasteiger partial charge >= 0.3 is 6.09 Å². The summed E-state index contributed by atoms with van der Waals surface area (Å²) >= 11 is 0. The fourth-order valence-corrected chi connectivity index (χ4v) is 6.16. The number of aliphatic hydroxyl groups is 2. The number of ether oxygens (including phenoxy) is 1. The standard InChI is InChI=1S/C34H42N2O7S/c1-34(2,3)43-33(40)35-28(19-22-10-6-5-7-11-22)29(37)21-25(18-23-14-16-26(17-15-23)44(4,41)42)32(39)36-31-27-13-9-8-12-24(27)20-30(31)38/h5-17,25,28-31,37-38H,18-21H2,1-4H3,(H,35,40)(H,36,39)/t25-,28-,29-,30+,31-/m0/s1. The topological polar surface area (TPSA) is 142 Å². The molecule has 4 rings (SSSR count). The van der Waals surface area contributed by atoms with Gasteiger partial charge in [-0.3, -0.25) is 4.79 Å². The minimum atomic E-state index is -3.40. The lowest BCUT2D eigenvalue weighted by atomic mass is 9.88. The second-order valence-corrected chi connectivity index (χ2v) is 14.5. The van der Waals surface area contributed by atoms with Gasteiger partial charge in [-0.05, 0) is 74.4 Å². The highest BCUT2D eigenvalue weighted by Gasteiger charge is 2.35. The number of benzene rings is 3. The van der Waals surface area contributed by atoms with Crippen LogP contribution in [0, 0.1) is 5.92 Å². The summed E-state index contributed by atoms with van der Waals surface area (Å²) in [4.78, 5) is 26.8. The molecule has 0 radical (unpaired) electrons. The molecule has 0 unspecified atom stereocenters. The van der Waals surface area contributed by atoms with Gasteiger partial charge in [-0.15, -0.1) is 0 Å². The van der Waals surface area contributed by atoms with Gasteiger partial charge in [0.1, 0.15) is 5.60 Å². The molecule has 1 aliphatic rings. The number of carbonyl (C=O) groups excluding carboxylic acids is 2. The average molecular weight is 623 g/mol. The molecule has 0 bridgehead atoms. The number of hydrogen-bond acceptors (Lipinski definition) is 7. The van der Waals surface area contributed by atoms with Gasteiger partial charge in [0.25, 0.3) is 0 Å². The van der Waals surface area contributed by atoms with Crippen molar-refractivity contribution in [2.24, 2.45) is 5.92 Å². The predicted octanol–water partition coefficient (Wildman–Crippen LogP) is 3.91. The van der Waals surface area contributed by atoms with Gasteiger partial charge < -0.3 is 25.6 Å². The number of alkyl carbamates (subject to hydrolysis) is 1. The number of hydrogen-bond donors (Lipinski definition) is 4. The summed E-state index contributed by atoms with van der Waals surface area (Å²) in [6.45, 7) is 5.25. The molecule has 1 aliphatic carbocycles. The molecular weight excluding hydrogens is 580 g/mol. The van der Waals surface area contributed by atoms with E-state index in [0.717, 1.165) is 22.9 Å². The molecule has 5 atom stereocenters. The lowest BCUT2D eigenvalue weighted by Crippen LogP contribution is -2.48. The molecule has 0 heterocycles. The van der Waals surface area contributed by atoms with Crippen LogP contribution in [0.5, 0.6) is 0 Å². The summed E-state index contributed by atoms with van der Waals surface area (Å²) in [5.41, 5.74) is 2.65. The first-order chi connectivity index (χ1) is 20.7. The van der Waals surface area contributed by atoms with Crippen molar-refractivity contribution in [3.8, 4) is 0 Å². The quantitative estimate of drug-likeness (QED) is 0.254. The van der Waals surface area contributed by atoms with Crippen molar-refractivity contribution in [3.05, 3.63) is 101 Å². The van der Waals surface area contributed by atoms with Crippen LogP contribution < -0.4 is 10.6 Å². The molecule has 4 N–H and O–H groups in total. The Labute approximate surface area is 259 Å². The number of rotatable bonds is 11. The van der Waals surface area contributed by atoms with Gasteiger partial charge in [0.05, 0.1) is 29.2 Å². The molecular formula is C34H42N2O7S. The van der Waals surface area contributed by atoms with Crippen molar-refractivity contribution in [2.75, 3.05) is 6.26 Å². The second-order valence-electron chi connectivity index (χ2n) is 12.5. The Bertz CT molecular complexity index is 1540. The van der Waals surface area contributed by atoms with E-state index in [2.05, 4.69) is 10.6 Å². The van der Waals surface area contributed by atoms with E-state index in [0.29, 0.717) is 18.4 Å². The van der Waals surface area contributed by atoms with Crippen molar-refractivity contribution < 1.29 is 33.0 Å². The Morgan fingerprint density at radius 3 is 2.18 bits per heavy atom. The first kappa shape index (κ1) is 33.2. The zero-order valence-corrected chi connectivity index (χ0v) is 26.4. The molecule has 236 valence electrons. The van der Waals surface area contributed by atoms with E-state index in [-0.39, 0.29) is 23.6 Å². The Hall–Kier alpha value is -3.73. The fraction of sp³-hybridized carbons (Fsp3) is 0.412. The van der Waals surface area contributed by atoms with Crippen LogP contribution in [-0.4, -0.2) is 60.7 Å². The molecule has 0 aromatic heterocycles. The highest BCUT2D eigenvalue weighted by molar-refractivity contribution is 7.90. The van der Waals surface area contributed by atoms with Gasteiger partial charge in [0, 0.05) is 18.6 Å². The molecule has 0 aliphatic heterocycles. The first-order valence-corrected chi connectivity index (χ1v) is 16.7. The van der Waals surface area contributed by atoms with Crippen molar-refractivity contribution in [2.45, 2.75) is 81.2 Å². The van der Waals surface area contributed by atoms with Crippen LogP contribution in [0.3, 0.4) is 0 Å². The SMILES string of the molecule is CC(C)(C)OC(=O)N[C@@H](Cc1ccccc1)[C@@H](O)C[C@H](Cc1ccc(S(C)(=O)=O)cc1)C(=O)N[C@H]1c2ccccc2C[C@H]1O. The molecule has 2 amide bonds. The van der Waals surface area contributed by atoms with E-state index in [1.807, 2.05) is 54.6 Å². The Balaban J connectivity index is 1.59. The second kappa shape index (κ2) is 13.9. The summed E-state index contributed by atoms with van der Waals surface area (Å²) in [6.07, 6.45) is -0.595. The minimum absolute atomic E-state index is 0.0164. The maximum atomic E-state index is 13.9. The molecule has 10 heteroatoms. The third-order valence-electron chi connectivity index (χ3n) is 7.70. The van der Waals surface area contributed by atoms with Gasteiger partial charge in [-0.25, -0.2) is 13.2 Å². The number of carbonyl (C=O) groups is 2. The van der Waals surface area contributed by atoms with E-state index >= 15 is 0 Å². The van der Waals surface area contributed by atoms with Crippen molar-refractivity contribution in [1.82, 2.24) is 10.6 Å². The Kier molecular flexibility index (Phi) is 10.5. The van der Waals surface area contributed by atoms with Crippen molar-refractivity contribution >= 4 is 21.8 Å². The summed E-state index contributed by atoms with van der Waals surface area (Å²) in [6, 6.07) is 21.9. The highest BCUT2D eigenvalue weighted by atomic mass is 32.2. The van der Waals surface area contributed by atoms with Crippen LogP contribution in [0.15, 0.2) is 83.8 Å². The van der Waals surface area contributed by atoms with Crippen LogP contribution in [0.4, 0.5) is 4.79 Å². The monoisotopic (exact) mass is 622 g/mol. The normalized spacial score (nSPS) is 18.5. The van der Waals surface area contributed by atoms with E-state index < -0.39 is 51.7 Å². The molecule has 0 saturated carbocycles. The molecule has 0 spiro atoms. The van der Waals surface area contributed by atoms with Crippen LogP contribution >= 0.6 is 0 Å². The Morgan fingerprint density at radius 1 is 0.932 bits per heavy atom. The van der Waals surface area contributed by atoms with Gasteiger partial charge in [0.15, 0.2) is 9.84 Å². The molecule has 44 heavy (non-hydrogen) atoms. The van der Waals surface area contributed by atoms with Gasteiger partial charge in [-0.1, -0.05) is 66.7 Å². The third kappa shape index (κ3) is 9.14. The summed E-state index contributed by atoms with van der Waals surface area (Å²) in [5.74, 6) is -1.14. The number of nitrogens with one attached hydrogen (secondary N) is 2. The van der Waals surface area contributed by atoms with Crippen LogP contribution in [-0.2, 0) is 38.6 Å². The number of fused-ring (bicyclic) bond motifs is 1. The molecule has 0 saturated heterocycles. The Morgan fingerprint density at radius 2 is 1.55 bits per heavy atom. The molecule has 9 nitrogen and oxygen atoms in total. The predicted molar refractivity (Wildman–Crippen MR) is 168 cm³/mol. The van der Waals surface area contributed by atoms with Crippen LogP contribution in [0.2, 0.25) is 0 Å². The summed E-state index contributed by atoms with van der Waals surface area (Å²) in [7, 11) is -3.40. The number of amides is 2. The largest absolute Gasteiger partial charge is 0.444 e. The third-order valence-corrected chi connectivity index (χ3v) is 8.83. The minimum Gasteiger partial charge on any atom is -0.444 e. The van der Waals surface area contributed by atoms with Crippen LogP contribution in [0.1, 0.15) is 55.5 Å². The number of aliphatic hydroxyl groups excluding tert-OH is 2. The summed E-state index contributed by atoms with van der Waals surface area (Å²) in [5, 5.41) is 28.1. The average Bonchev–Trinajstić information content (AvgIpc) is 3.26. The van der Waals surface area contributed by atoms with Crippen molar-refractivity contribution in [1.29, 1.82) is 0 Å². The van der Waals surface area contributed by atoms with E-state index in [1.165, 1.54) is 12.1 Å².